The van der Waals surface area contributed by atoms with Crippen LogP contribution in [-0.4, -0.2) is 14.7 Å². The molecule has 14 heavy (non-hydrogen) atoms. The molecule has 0 fully saturated rings. The minimum Gasteiger partial charge on any atom is -0.367 e. The van der Waals surface area contributed by atoms with E-state index >= 15 is 0 Å². The lowest BCUT2D eigenvalue weighted by molar-refractivity contribution is 0.438. The lowest BCUT2D eigenvalue weighted by atomic mass is 10.1. The zero-order valence-electron chi connectivity index (χ0n) is 8.19. The van der Waals surface area contributed by atoms with Crippen LogP contribution in [0.25, 0.3) is 11.4 Å². The molecule has 2 aromatic rings. The van der Waals surface area contributed by atoms with Crippen molar-refractivity contribution in [2.75, 3.05) is 5.73 Å². The number of nitrogens with zero attached hydrogens (tertiary/aromatic N) is 3. The van der Waals surface area contributed by atoms with Crippen LogP contribution in [0.15, 0.2) is 17.0 Å². The van der Waals surface area contributed by atoms with Gasteiger partial charge in [-0.2, -0.15) is 0 Å². The molecule has 0 saturated heterocycles. The molecule has 2 rings (SSSR count). The molecule has 0 spiro atoms. The molecule has 0 amide bonds. The SMILES string of the molecule is CCc1c(-c2cn(C)cn2)noc1N. The van der Waals surface area contributed by atoms with Crippen LogP contribution in [0.5, 0.6) is 0 Å². The molecular weight excluding hydrogens is 180 g/mol. The molecule has 5 heteroatoms. The summed E-state index contributed by atoms with van der Waals surface area (Å²) in [4.78, 5) is 4.19. The number of hydrogen-bond donors (Lipinski definition) is 1. The summed E-state index contributed by atoms with van der Waals surface area (Å²) in [5, 5.41) is 3.89. The van der Waals surface area contributed by atoms with Crippen LogP contribution in [-0.2, 0) is 13.5 Å². The molecule has 2 N–H and O–H groups in total. The van der Waals surface area contributed by atoms with Crippen LogP contribution >= 0.6 is 0 Å². The molecule has 5 nitrogen and oxygen atoms in total. The molecule has 0 aliphatic rings. The van der Waals surface area contributed by atoms with E-state index in [0.717, 1.165) is 23.4 Å². The largest absolute Gasteiger partial charge is 0.367 e. The molecule has 74 valence electrons. The van der Waals surface area contributed by atoms with E-state index < -0.39 is 0 Å². The highest BCUT2D eigenvalue weighted by atomic mass is 16.5. The number of aromatic nitrogens is 3. The summed E-state index contributed by atoms with van der Waals surface area (Å²) < 4.78 is 6.79. The van der Waals surface area contributed by atoms with Crippen molar-refractivity contribution in [3.63, 3.8) is 0 Å². The Morgan fingerprint density at radius 2 is 2.36 bits per heavy atom. The van der Waals surface area contributed by atoms with E-state index in [9.17, 15) is 0 Å². The van der Waals surface area contributed by atoms with Gasteiger partial charge in [0.2, 0.25) is 5.88 Å². The summed E-state index contributed by atoms with van der Waals surface area (Å²) in [6.45, 7) is 2.01. The molecule has 2 heterocycles. The lowest BCUT2D eigenvalue weighted by Crippen LogP contribution is -1.89. The van der Waals surface area contributed by atoms with E-state index in [4.69, 9.17) is 10.3 Å². The Kier molecular flexibility index (Phi) is 1.99. The van der Waals surface area contributed by atoms with Crippen molar-refractivity contribution in [3.8, 4) is 11.4 Å². The van der Waals surface area contributed by atoms with Crippen molar-refractivity contribution in [2.24, 2.45) is 7.05 Å². The average Bonchev–Trinajstić information content (AvgIpc) is 2.71. The molecular formula is C9H12N4O. The second kappa shape index (κ2) is 3.17. The number of hydrogen-bond acceptors (Lipinski definition) is 4. The quantitative estimate of drug-likeness (QED) is 0.776. The van der Waals surface area contributed by atoms with Gasteiger partial charge in [-0.1, -0.05) is 12.1 Å². The molecule has 0 bridgehead atoms. The number of anilines is 1. The second-order valence-corrected chi connectivity index (χ2v) is 3.15. The predicted octanol–water partition coefficient (Wildman–Crippen LogP) is 1.22. The number of rotatable bonds is 2. The van der Waals surface area contributed by atoms with Crippen LogP contribution in [0.2, 0.25) is 0 Å². The summed E-state index contributed by atoms with van der Waals surface area (Å²) in [6.07, 6.45) is 4.40. The van der Waals surface area contributed by atoms with Gasteiger partial charge in [-0.25, -0.2) is 4.98 Å². The van der Waals surface area contributed by atoms with Crippen molar-refractivity contribution in [1.82, 2.24) is 14.7 Å². The Balaban J connectivity index is 2.51. The Bertz CT molecular complexity index is 443. The monoisotopic (exact) mass is 192 g/mol. The summed E-state index contributed by atoms with van der Waals surface area (Å²) in [5.41, 5.74) is 8.09. The zero-order valence-corrected chi connectivity index (χ0v) is 8.19. The summed E-state index contributed by atoms with van der Waals surface area (Å²) in [6, 6.07) is 0. The zero-order chi connectivity index (χ0) is 10.1. The van der Waals surface area contributed by atoms with E-state index in [0.29, 0.717) is 5.88 Å². The predicted molar refractivity (Wildman–Crippen MR) is 52.5 cm³/mol. The van der Waals surface area contributed by atoms with Gasteiger partial charge in [0.25, 0.3) is 0 Å². The number of nitrogen functional groups attached to an aromatic ring is 1. The van der Waals surface area contributed by atoms with E-state index in [1.165, 1.54) is 0 Å². The van der Waals surface area contributed by atoms with Gasteiger partial charge >= 0.3 is 0 Å². The molecule has 2 aromatic heterocycles. The molecule has 0 radical (unpaired) electrons. The standard InChI is InChI=1S/C9H12N4O/c1-3-6-8(12-14-9(6)10)7-4-13(2)5-11-7/h4-5H,3,10H2,1-2H3. The molecule has 0 saturated carbocycles. The van der Waals surface area contributed by atoms with Crippen molar-refractivity contribution in [2.45, 2.75) is 13.3 Å². The van der Waals surface area contributed by atoms with Crippen LogP contribution < -0.4 is 5.73 Å². The highest BCUT2D eigenvalue weighted by molar-refractivity contribution is 5.62. The van der Waals surface area contributed by atoms with Crippen LogP contribution in [0.3, 0.4) is 0 Å². The third-order valence-electron chi connectivity index (χ3n) is 2.12. The lowest BCUT2D eigenvalue weighted by Gasteiger charge is -1.93. The second-order valence-electron chi connectivity index (χ2n) is 3.15. The van der Waals surface area contributed by atoms with Gasteiger partial charge in [-0.3, -0.25) is 0 Å². The van der Waals surface area contributed by atoms with Crippen molar-refractivity contribution < 1.29 is 4.52 Å². The Hall–Kier alpha value is -1.78. The molecule has 0 aliphatic heterocycles. The number of nitrogens with two attached hydrogens (primary N) is 1. The molecule has 0 aromatic carbocycles. The summed E-state index contributed by atoms with van der Waals surface area (Å²) in [7, 11) is 1.91. The first-order chi connectivity index (χ1) is 6.72. The van der Waals surface area contributed by atoms with Gasteiger partial charge in [-0.05, 0) is 6.42 Å². The maximum atomic E-state index is 5.63. The van der Waals surface area contributed by atoms with Crippen molar-refractivity contribution >= 4 is 5.88 Å². The minimum atomic E-state index is 0.383. The maximum Gasteiger partial charge on any atom is 0.225 e. The Morgan fingerprint density at radius 1 is 1.57 bits per heavy atom. The van der Waals surface area contributed by atoms with E-state index in [2.05, 4.69) is 10.1 Å². The van der Waals surface area contributed by atoms with Gasteiger partial charge in [-0.15, -0.1) is 0 Å². The van der Waals surface area contributed by atoms with Gasteiger partial charge < -0.3 is 14.8 Å². The summed E-state index contributed by atoms with van der Waals surface area (Å²) in [5.74, 6) is 0.383. The molecule has 0 atom stereocenters. The molecule has 0 unspecified atom stereocenters. The highest BCUT2D eigenvalue weighted by Gasteiger charge is 2.15. The van der Waals surface area contributed by atoms with Crippen LogP contribution in [0.1, 0.15) is 12.5 Å². The Labute approximate surface area is 81.5 Å². The highest BCUT2D eigenvalue weighted by Crippen LogP contribution is 2.25. The first-order valence-electron chi connectivity index (χ1n) is 4.44. The first kappa shape index (κ1) is 8.80. The third kappa shape index (κ3) is 1.26. The third-order valence-corrected chi connectivity index (χ3v) is 2.12. The van der Waals surface area contributed by atoms with E-state index in [-0.39, 0.29) is 0 Å². The first-order valence-corrected chi connectivity index (χ1v) is 4.44. The maximum absolute atomic E-state index is 5.63. The van der Waals surface area contributed by atoms with Gasteiger partial charge in [0.05, 0.1) is 6.33 Å². The molecule has 0 aliphatic carbocycles. The van der Waals surface area contributed by atoms with Crippen molar-refractivity contribution in [3.05, 3.63) is 18.1 Å². The fourth-order valence-corrected chi connectivity index (χ4v) is 1.40. The van der Waals surface area contributed by atoms with Crippen molar-refractivity contribution in [1.29, 1.82) is 0 Å². The smallest absolute Gasteiger partial charge is 0.225 e. The fourth-order valence-electron chi connectivity index (χ4n) is 1.40. The van der Waals surface area contributed by atoms with Gasteiger partial charge in [0.15, 0.2) is 0 Å². The Morgan fingerprint density at radius 3 is 2.93 bits per heavy atom. The van der Waals surface area contributed by atoms with Crippen LogP contribution in [0.4, 0.5) is 5.88 Å². The van der Waals surface area contributed by atoms with E-state index in [1.54, 1.807) is 6.33 Å². The van der Waals surface area contributed by atoms with Gasteiger partial charge in [0.1, 0.15) is 11.4 Å². The topological polar surface area (TPSA) is 69.9 Å². The van der Waals surface area contributed by atoms with E-state index in [1.807, 2.05) is 24.7 Å². The number of imidazole rings is 1. The average molecular weight is 192 g/mol. The minimum absolute atomic E-state index is 0.383. The van der Waals surface area contributed by atoms with Crippen LogP contribution in [0, 0.1) is 0 Å². The fraction of sp³-hybridized carbons (Fsp3) is 0.333. The van der Waals surface area contributed by atoms with Gasteiger partial charge in [0, 0.05) is 18.8 Å². The number of aryl methyl sites for hydroxylation is 1. The summed E-state index contributed by atoms with van der Waals surface area (Å²) >= 11 is 0. The normalized spacial score (nSPS) is 10.7.